The molecular weight excluding hydrogens is 328 g/mol. The average Bonchev–Trinajstić information content (AvgIpc) is 2.67. The molecule has 0 N–H and O–H groups in total. The zero-order valence-electron chi connectivity index (χ0n) is 14.3. The normalized spacial score (nSPS) is 16.8. The second-order valence-corrected chi connectivity index (χ2v) is 6.41. The molecule has 0 aliphatic heterocycles. The zero-order chi connectivity index (χ0) is 18.6. The van der Waals surface area contributed by atoms with Crippen molar-refractivity contribution in [2.24, 2.45) is 0 Å². The predicted octanol–water partition coefficient (Wildman–Crippen LogP) is 3.78. The van der Waals surface area contributed by atoms with E-state index in [0.717, 1.165) is 0 Å². The molecule has 2 aromatic carbocycles. The van der Waals surface area contributed by atoms with Crippen molar-refractivity contribution >= 4 is 23.1 Å². The van der Waals surface area contributed by atoms with Gasteiger partial charge in [0.15, 0.2) is 23.1 Å². The van der Waals surface area contributed by atoms with Gasteiger partial charge in [0.2, 0.25) is 0 Å². The molecule has 4 rings (SSSR count). The van der Waals surface area contributed by atoms with Crippen molar-refractivity contribution in [2.45, 2.75) is 13.8 Å². The van der Waals surface area contributed by atoms with Gasteiger partial charge >= 0.3 is 0 Å². The minimum Gasteiger partial charge on any atom is -0.289 e. The molecule has 0 heterocycles. The monoisotopic (exact) mass is 342 g/mol. The first-order valence-electron chi connectivity index (χ1n) is 8.22. The summed E-state index contributed by atoms with van der Waals surface area (Å²) in [4.78, 5) is 51.6. The van der Waals surface area contributed by atoms with Crippen molar-refractivity contribution in [3.8, 4) is 0 Å². The Bertz CT molecular complexity index is 1020. The third-order valence-corrected chi connectivity index (χ3v) is 4.97. The summed E-state index contributed by atoms with van der Waals surface area (Å²) in [5.74, 6) is -1.38. The molecule has 2 aromatic rings. The number of hydrogen-bond donors (Lipinski definition) is 0. The molecule has 0 spiro atoms. The van der Waals surface area contributed by atoms with E-state index in [-0.39, 0.29) is 45.0 Å². The summed E-state index contributed by atoms with van der Waals surface area (Å²) in [5.41, 5.74) is 1.65. The molecule has 0 bridgehead atoms. The Hall–Kier alpha value is -3.40. The number of rotatable bonds is 1. The fourth-order valence-electron chi connectivity index (χ4n) is 3.60. The van der Waals surface area contributed by atoms with Crippen molar-refractivity contribution in [3.63, 3.8) is 0 Å². The number of allylic oxidation sites excluding steroid dienone is 4. The number of ketones is 4. The van der Waals surface area contributed by atoms with Gasteiger partial charge in [-0.05, 0) is 13.8 Å². The molecule has 26 heavy (non-hydrogen) atoms. The fourth-order valence-corrected chi connectivity index (χ4v) is 3.60. The van der Waals surface area contributed by atoms with Crippen LogP contribution in [0, 0.1) is 0 Å². The van der Waals surface area contributed by atoms with Crippen LogP contribution < -0.4 is 0 Å². The van der Waals surface area contributed by atoms with Crippen molar-refractivity contribution in [1.29, 1.82) is 0 Å². The molecule has 4 nitrogen and oxygen atoms in total. The molecule has 0 amide bonds. The summed E-state index contributed by atoms with van der Waals surface area (Å²) in [6.07, 6.45) is 0. The smallest absolute Gasteiger partial charge is 0.194 e. The van der Waals surface area contributed by atoms with Crippen molar-refractivity contribution in [1.82, 2.24) is 0 Å². The Labute approximate surface area is 149 Å². The maximum Gasteiger partial charge on any atom is 0.194 e. The van der Waals surface area contributed by atoms with Crippen molar-refractivity contribution in [2.75, 3.05) is 0 Å². The van der Waals surface area contributed by atoms with E-state index in [0.29, 0.717) is 11.1 Å². The number of benzene rings is 2. The molecule has 0 atom stereocenters. The molecule has 0 aromatic heterocycles. The minimum absolute atomic E-state index is 0.0408. The first kappa shape index (κ1) is 16.1. The molecule has 0 saturated heterocycles. The van der Waals surface area contributed by atoms with E-state index in [1.54, 1.807) is 48.5 Å². The highest BCUT2D eigenvalue weighted by Gasteiger charge is 2.38. The first-order chi connectivity index (χ1) is 12.4. The van der Waals surface area contributed by atoms with Gasteiger partial charge in [-0.25, -0.2) is 0 Å². The maximum atomic E-state index is 13.1. The van der Waals surface area contributed by atoms with Gasteiger partial charge < -0.3 is 0 Å². The second-order valence-electron chi connectivity index (χ2n) is 6.41. The van der Waals surface area contributed by atoms with Crippen LogP contribution in [-0.2, 0) is 0 Å². The van der Waals surface area contributed by atoms with Gasteiger partial charge in [0.25, 0.3) is 0 Å². The third kappa shape index (κ3) is 2.02. The van der Waals surface area contributed by atoms with E-state index in [2.05, 4.69) is 0 Å². The van der Waals surface area contributed by atoms with E-state index in [1.807, 2.05) is 0 Å². The molecule has 2 aliphatic rings. The van der Waals surface area contributed by atoms with Gasteiger partial charge in [0.05, 0.1) is 0 Å². The van der Waals surface area contributed by atoms with E-state index in [9.17, 15) is 19.2 Å². The van der Waals surface area contributed by atoms with Crippen LogP contribution in [0.5, 0.6) is 0 Å². The second kappa shape index (κ2) is 5.56. The Kier molecular flexibility index (Phi) is 3.44. The van der Waals surface area contributed by atoms with Gasteiger partial charge in [0, 0.05) is 44.5 Å². The van der Waals surface area contributed by atoms with Crippen LogP contribution in [0.2, 0.25) is 0 Å². The van der Waals surface area contributed by atoms with Crippen LogP contribution in [-0.4, -0.2) is 23.1 Å². The van der Waals surface area contributed by atoms with E-state index in [1.165, 1.54) is 13.8 Å². The largest absolute Gasteiger partial charge is 0.289 e. The maximum absolute atomic E-state index is 13.1. The Morgan fingerprint density at radius 1 is 0.462 bits per heavy atom. The molecular formula is C22H14O4. The van der Waals surface area contributed by atoms with Gasteiger partial charge in [0.1, 0.15) is 0 Å². The molecule has 4 heteroatoms. The highest BCUT2D eigenvalue weighted by atomic mass is 16.1. The highest BCUT2D eigenvalue weighted by Crippen LogP contribution is 2.36. The number of carbonyl (C=O) groups is 4. The van der Waals surface area contributed by atoms with Gasteiger partial charge in [-0.3, -0.25) is 19.2 Å². The number of hydrogen-bond acceptors (Lipinski definition) is 4. The number of Topliss-reactive ketones (excluding diaryl/α,β-unsaturated/α-hetero) is 4. The first-order valence-corrected chi connectivity index (χ1v) is 8.22. The minimum atomic E-state index is -0.396. The number of fused-ring (bicyclic) bond motifs is 2. The SMILES string of the molecule is CC1=C(C2=C(C)C(=O)c3ccccc3C2=O)C(=O)c2ccccc2C1=O. The quantitative estimate of drug-likeness (QED) is 0.791. The summed E-state index contributed by atoms with van der Waals surface area (Å²) in [7, 11) is 0. The molecule has 126 valence electrons. The lowest BCUT2D eigenvalue weighted by atomic mass is 9.75. The summed E-state index contributed by atoms with van der Waals surface area (Å²) >= 11 is 0. The van der Waals surface area contributed by atoms with Crippen LogP contribution in [0.25, 0.3) is 0 Å². The topological polar surface area (TPSA) is 68.3 Å². The third-order valence-electron chi connectivity index (χ3n) is 4.97. The Balaban J connectivity index is 1.99. The summed E-state index contributed by atoms with van der Waals surface area (Å²) in [6.45, 7) is 3.06. The van der Waals surface area contributed by atoms with E-state index in [4.69, 9.17) is 0 Å². The van der Waals surface area contributed by atoms with E-state index >= 15 is 0 Å². The van der Waals surface area contributed by atoms with Crippen molar-refractivity contribution in [3.05, 3.63) is 93.1 Å². The predicted molar refractivity (Wildman–Crippen MR) is 95.6 cm³/mol. The number of carbonyl (C=O) groups excluding carboxylic acids is 4. The Morgan fingerprint density at radius 3 is 1.04 bits per heavy atom. The van der Waals surface area contributed by atoms with Gasteiger partial charge in [-0.15, -0.1) is 0 Å². The van der Waals surface area contributed by atoms with Gasteiger partial charge in [-0.1, -0.05) is 48.5 Å². The molecule has 0 unspecified atom stereocenters. The lowest BCUT2D eigenvalue weighted by Crippen LogP contribution is -2.29. The van der Waals surface area contributed by atoms with Crippen molar-refractivity contribution < 1.29 is 19.2 Å². The van der Waals surface area contributed by atoms with E-state index < -0.39 is 11.6 Å². The van der Waals surface area contributed by atoms with Crippen LogP contribution in [0.4, 0.5) is 0 Å². The van der Waals surface area contributed by atoms with Crippen LogP contribution in [0.3, 0.4) is 0 Å². The van der Waals surface area contributed by atoms with Crippen LogP contribution >= 0.6 is 0 Å². The summed E-state index contributed by atoms with van der Waals surface area (Å²) in [5, 5.41) is 0. The average molecular weight is 342 g/mol. The lowest BCUT2D eigenvalue weighted by molar-refractivity contribution is 0.0953. The summed E-state index contributed by atoms with van der Waals surface area (Å²) in [6, 6.07) is 13.1. The zero-order valence-corrected chi connectivity index (χ0v) is 14.3. The molecule has 2 aliphatic carbocycles. The molecule has 0 saturated carbocycles. The Morgan fingerprint density at radius 2 is 0.731 bits per heavy atom. The van der Waals surface area contributed by atoms with Crippen LogP contribution in [0.1, 0.15) is 55.3 Å². The molecule has 0 fully saturated rings. The fraction of sp³-hybridized carbons (Fsp3) is 0.0909. The van der Waals surface area contributed by atoms with Crippen LogP contribution in [0.15, 0.2) is 70.8 Å². The lowest BCUT2D eigenvalue weighted by Gasteiger charge is -2.24. The standard InChI is InChI=1S/C22H14O4/c1-11-17(21(25)15-9-5-3-7-13(15)19(11)23)18-12(2)20(24)14-8-4-6-10-16(14)22(18)26/h3-10H,1-2H3. The summed E-state index contributed by atoms with van der Waals surface area (Å²) < 4.78 is 0. The molecule has 0 radical (unpaired) electrons. The van der Waals surface area contributed by atoms with Gasteiger partial charge in [-0.2, -0.15) is 0 Å². The highest BCUT2D eigenvalue weighted by molar-refractivity contribution is 6.36.